The van der Waals surface area contributed by atoms with Gasteiger partial charge in [0, 0.05) is 26.0 Å². The van der Waals surface area contributed by atoms with E-state index in [0.29, 0.717) is 25.6 Å². The van der Waals surface area contributed by atoms with Crippen LogP contribution in [0.3, 0.4) is 0 Å². The molecule has 1 saturated heterocycles. The molecule has 1 aliphatic heterocycles. The van der Waals surface area contributed by atoms with Gasteiger partial charge in [-0.1, -0.05) is 11.6 Å². The molecule has 1 fully saturated rings. The highest BCUT2D eigenvalue weighted by atomic mass is 16.5. The first-order valence-corrected chi connectivity index (χ1v) is 7.19. The van der Waals surface area contributed by atoms with Crippen molar-refractivity contribution in [1.82, 2.24) is 14.9 Å². The minimum Gasteiger partial charge on any atom is -0.379 e. The average Bonchev–Trinajstić information content (AvgIpc) is 2.86. The smallest absolute Gasteiger partial charge is 0.287 e. The Balaban J connectivity index is 1.94. The van der Waals surface area contributed by atoms with Gasteiger partial charge in [0.05, 0.1) is 25.4 Å². The number of ether oxygens (including phenoxy) is 2. The molecule has 2 atom stereocenters. The Morgan fingerprint density at radius 3 is 3.10 bits per heavy atom. The van der Waals surface area contributed by atoms with E-state index in [9.17, 15) is 4.79 Å². The summed E-state index contributed by atoms with van der Waals surface area (Å²) in [6, 6.07) is -0.145. The maximum absolute atomic E-state index is 12.2. The summed E-state index contributed by atoms with van der Waals surface area (Å²) < 4.78 is 13.0. The summed E-state index contributed by atoms with van der Waals surface area (Å²) >= 11 is 0. The largest absolute Gasteiger partial charge is 0.379 e. The van der Waals surface area contributed by atoms with Crippen molar-refractivity contribution in [3.05, 3.63) is 29.9 Å². The maximum Gasteiger partial charge on any atom is 0.287 e. The number of aryl methyl sites for hydroxylation is 1. The standard InChI is InChI=1S/C15H23N3O3/c1-11(2)4-9-21-13-5-8-20-10-12(13)17-15(19)14-16-6-7-18(14)3/h4,6-7,12-13H,5,8-10H2,1-3H3,(H,17,19)/t12-,13+/m1/s1. The number of carbonyl (C=O) groups is 1. The molecule has 1 aromatic heterocycles. The number of allylic oxidation sites excluding steroid dienone is 1. The van der Waals surface area contributed by atoms with Gasteiger partial charge in [-0.25, -0.2) is 4.98 Å². The zero-order chi connectivity index (χ0) is 15.2. The van der Waals surface area contributed by atoms with Gasteiger partial charge in [0.15, 0.2) is 5.82 Å². The van der Waals surface area contributed by atoms with E-state index in [1.54, 1.807) is 24.0 Å². The van der Waals surface area contributed by atoms with Crippen LogP contribution in [0.2, 0.25) is 0 Å². The molecule has 0 aliphatic carbocycles. The van der Waals surface area contributed by atoms with Crippen molar-refractivity contribution in [1.29, 1.82) is 0 Å². The first-order valence-electron chi connectivity index (χ1n) is 7.19. The van der Waals surface area contributed by atoms with Gasteiger partial charge in [-0.05, 0) is 20.3 Å². The zero-order valence-corrected chi connectivity index (χ0v) is 12.8. The van der Waals surface area contributed by atoms with Crippen LogP contribution in [0.15, 0.2) is 24.0 Å². The van der Waals surface area contributed by atoms with Crippen molar-refractivity contribution in [2.45, 2.75) is 32.4 Å². The number of carbonyl (C=O) groups excluding carboxylic acids is 1. The Labute approximate surface area is 125 Å². The molecule has 0 saturated carbocycles. The fourth-order valence-corrected chi connectivity index (χ4v) is 2.21. The third-order valence-corrected chi connectivity index (χ3v) is 3.44. The number of nitrogens with zero attached hydrogens (tertiary/aromatic N) is 2. The minimum atomic E-state index is -0.200. The Kier molecular flexibility index (Phi) is 5.52. The maximum atomic E-state index is 12.2. The van der Waals surface area contributed by atoms with Crippen LogP contribution >= 0.6 is 0 Å². The van der Waals surface area contributed by atoms with Gasteiger partial charge in [0.2, 0.25) is 0 Å². The zero-order valence-electron chi connectivity index (χ0n) is 12.8. The van der Waals surface area contributed by atoms with Crippen LogP contribution in [-0.4, -0.2) is 47.4 Å². The van der Waals surface area contributed by atoms with E-state index in [-0.39, 0.29) is 18.1 Å². The number of nitrogens with one attached hydrogen (secondary N) is 1. The molecule has 0 aromatic carbocycles. The summed E-state index contributed by atoms with van der Waals surface area (Å²) in [6.45, 7) is 5.76. The predicted molar refractivity (Wildman–Crippen MR) is 79.1 cm³/mol. The van der Waals surface area contributed by atoms with Gasteiger partial charge in [-0.2, -0.15) is 0 Å². The van der Waals surface area contributed by atoms with Gasteiger partial charge in [0.1, 0.15) is 0 Å². The van der Waals surface area contributed by atoms with Crippen LogP contribution in [-0.2, 0) is 16.5 Å². The van der Waals surface area contributed by atoms with E-state index in [1.807, 2.05) is 19.9 Å². The van der Waals surface area contributed by atoms with Crippen LogP contribution in [0.1, 0.15) is 30.9 Å². The van der Waals surface area contributed by atoms with Gasteiger partial charge < -0.3 is 19.4 Å². The van der Waals surface area contributed by atoms with Crippen molar-refractivity contribution in [3.63, 3.8) is 0 Å². The number of aromatic nitrogens is 2. The van der Waals surface area contributed by atoms with Crippen molar-refractivity contribution in [2.75, 3.05) is 19.8 Å². The number of hydrogen-bond acceptors (Lipinski definition) is 4. The lowest BCUT2D eigenvalue weighted by molar-refractivity contribution is -0.0458. The summed E-state index contributed by atoms with van der Waals surface area (Å²) in [6.07, 6.45) is 6.14. The Hall–Kier alpha value is -1.66. The van der Waals surface area contributed by atoms with Gasteiger partial charge in [-0.15, -0.1) is 0 Å². The fraction of sp³-hybridized carbons (Fsp3) is 0.600. The highest BCUT2D eigenvalue weighted by Gasteiger charge is 2.28. The van der Waals surface area contributed by atoms with E-state index >= 15 is 0 Å². The van der Waals surface area contributed by atoms with Gasteiger partial charge >= 0.3 is 0 Å². The van der Waals surface area contributed by atoms with Crippen LogP contribution in [0.5, 0.6) is 0 Å². The van der Waals surface area contributed by atoms with Crippen LogP contribution in [0.25, 0.3) is 0 Å². The Bertz CT molecular complexity index is 506. The van der Waals surface area contributed by atoms with Crippen LogP contribution in [0.4, 0.5) is 0 Å². The molecule has 116 valence electrons. The SMILES string of the molecule is CC(C)=CCO[C@H]1CCOC[C@H]1NC(=O)c1nccn1C. The Morgan fingerprint density at radius 1 is 1.62 bits per heavy atom. The number of amides is 1. The molecule has 0 radical (unpaired) electrons. The molecule has 1 aromatic rings. The number of hydrogen-bond donors (Lipinski definition) is 1. The normalized spacial score (nSPS) is 21.9. The van der Waals surface area contributed by atoms with Crippen molar-refractivity contribution >= 4 is 5.91 Å². The molecule has 1 amide bonds. The van der Waals surface area contributed by atoms with Crippen molar-refractivity contribution < 1.29 is 14.3 Å². The number of imidazole rings is 1. The average molecular weight is 293 g/mol. The van der Waals surface area contributed by atoms with E-state index in [4.69, 9.17) is 9.47 Å². The summed E-state index contributed by atoms with van der Waals surface area (Å²) in [7, 11) is 1.79. The predicted octanol–water partition coefficient (Wildman–Crippen LogP) is 1.29. The second kappa shape index (κ2) is 7.38. The van der Waals surface area contributed by atoms with Crippen LogP contribution < -0.4 is 5.32 Å². The lowest BCUT2D eigenvalue weighted by Gasteiger charge is -2.31. The van der Waals surface area contributed by atoms with E-state index in [1.165, 1.54) is 5.57 Å². The molecular weight excluding hydrogens is 270 g/mol. The molecule has 0 unspecified atom stereocenters. The van der Waals surface area contributed by atoms with Crippen LogP contribution in [0, 0.1) is 0 Å². The summed E-state index contributed by atoms with van der Waals surface area (Å²) in [5.74, 6) is 0.192. The van der Waals surface area contributed by atoms with Gasteiger partial charge in [0.25, 0.3) is 5.91 Å². The molecule has 6 heteroatoms. The summed E-state index contributed by atoms with van der Waals surface area (Å²) in [5.41, 5.74) is 1.22. The molecule has 0 bridgehead atoms. The molecule has 2 heterocycles. The quantitative estimate of drug-likeness (QED) is 0.831. The Morgan fingerprint density at radius 2 is 2.43 bits per heavy atom. The van der Waals surface area contributed by atoms with E-state index in [0.717, 1.165) is 6.42 Å². The summed E-state index contributed by atoms with van der Waals surface area (Å²) in [4.78, 5) is 16.3. The first kappa shape index (κ1) is 15.7. The summed E-state index contributed by atoms with van der Waals surface area (Å²) in [5, 5.41) is 2.96. The first-order chi connectivity index (χ1) is 10.1. The van der Waals surface area contributed by atoms with E-state index < -0.39 is 0 Å². The molecule has 21 heavy (non-hydrogen) atoms. The van der Waals surface area contributed by atoms with Gasteiger partial charge in [-0.3, -0.25) is 4.79 Å². The lowest BCUT2D eigenvalue weighted by atomic mass is 10.1. The second-order valence-corrected chi connectivity index (χ2v) is 5.46. The molecular formula is C15H23N3O3. The van der Waals surface area contributed by atoms with E-state index in [2.05, 4.69) is 10.3 Å². The highest BCUT2D eigenvalue weighted by Crippen LogP contribution is 2.13. The fourth-order valence-electron chi connectivity index (χ4n) is 2.21. The molecule has 6 nitrogen and oxygen atoms in total. The van der Waals surface area contributed by atoms with Crippen molar-refractivity contribution in [2.24, 2.45) is 7.05 Å². The molecule has 0 spiro atoms. The molecule has 2 rings (SSSR count). The number of rotatable bonds is 5. The molecule has 1 aliphatic rings. The topological polar surface area (TPSA) is 65.4 Å². The third-order valence-electron chi connectivity index (χ3n) is 3.44. The monoisotopic (exact) mass is 293 g/mol. The highest BCUT2D eigenvalue weighted by molar-refractivity contribution is 5.91. The molecule has 1 N–H and O–H groups in total. The lowest BCUT2D eigenvalue weighted by Crippen LogP contribution is -2.51. The third kappa shape index (κ3) is 4.41. The minimum absolute atomic E-state index is 0.0291. The van der Waals surface area contributed by atoms with Crippen molar-refractivity contribution in [3.8, 4) is 0 Å². The second-order valence-electron chi connectivity index (χ2n) is 5.46.